The van der Waals surface area contributed by atoms with Gasteiger partial charge in [0.1, 0.15) is 0 Å². The number of imidazole rings is 1. The summed E-state index contributed by atoms with van der Waals surface area (Å²) in [5.74, 6) is -1.03. The standard InChI is InChI=1S/C15H13N5O2/c16-9-5-1-2-6-10(9)19-15(22)8-4-3-7-11-12(8)20-14(18-11)13(17)21/h1-7H,16H2,(H2,17,21)(H,18,20)(H,19,22). The number of nitrogens with one attached hydrogen (secondary N) is 2. The van der Waals surface area contributed by atoms with E-state index in [9.17, 15) is 9.59 Å². The van der Waals surface area contributed by atoms with E-state index >= 15 is 0 Å². The van der Waals surface area contributed by atoms with E-state index in [2.05, 4.69) is 15.3 Å². The SMILES string of the molecule is NC(=O)c1nc2cccc(C(=O)Nc3ccccc3N)c2[nH]1. The number of amides is 2. The zero-order chi connectivity index (χ0) is 15.7. The van der Waals surface area contributed by atoms with Crippen LogP contribution >= 0.6 is 0 Å². The average Bonchev–Trinajstić information content (AvgIpc) is 2.93. The molecule has 2 aromatic carbocycles. The number of benzene rings is 2. The highest BCUT2D eigenvalue weighted by molar-refractivity contribution is 6.12. The molecule has 7 nitrogen and oxygen atoms in total. The lowest BCUT2D eigenvalue weighted by molar-refractivity contribution is 0.0989. The quantitative estimate of drug-likeness (QED) is 0.546. The third kappa shape index (κ3) is 2.35. The van der Waals surface area contributed by atoms with Gasteiger partial charge in [0.15, 0.2) is 5.82 Å². The molecule has 1 heterocycles. The van der Waals surface area contributed by atoms with Gasteiger partial charge in [-0.05, 0) is 24.3 Å². The molecule has 3 aromatic rings. The fraction of sp³-hybridized carbons (Fsp3) is 0. The molecule has 0 fully saturated rings. The van der Waals surface area contributed by atoms with Crippen LogP contribution in [0.4, 0.5) is 11.4 Å². The molecule has 2 amide bonds. The summed E-state index contributed by atoms with van der Waals surface area (Å²) >= 11 is 0. The maximum absolute atomic E-state index is 12.4. The van der Waals surface area contributed by atoms with Gasteiger partial charge in [-0.1, -0.05) is 18.2 Å². The molecule has 110 valence electrons. The predicted octanol–water partition coefficient (Wildman–Crippen LogP) is 1.50. The van der Waals surface area contributed by atoms with E-state index < -0.39 is 5.91 Å². The highest BCUT2D eigenvalue weighted by atomic mass is 16.2. The molecule has 0 aliphatic rings. The summed E-state index contributed by atoms with van der Waals surface area (Å²) in [6, 6.07) is 11.9. The summed E-state index contributed by atoms with van der Waals surface area (Å²) in [5.41, 5.74) is 13.3. The van der Waals surface area contributed by atoms with E-state index in [0.717, 1.165) is 0 Å². The Labute approximate surface area is 125 Å². The van der Waals surface area contributed by atoms with E-state index in [0.29, 0.717) is 28.0 Å². The number of nitrogens with zero attached hydrogens (tertiary/aromatic N) is 1. The van der Waals surface area contributed by atoms with Crippen LogP contribution in [0.2, 0.25) is 0 Å². The number of carbonyl (C=O) groups is 2. The molecule has 1 aromatic heterocycles. The normalized spacial score (nSPS) is 10.5. The first-order valence-corrected chi connectivity index (χ1v) is 6.50. The zero-order valence-corrected chi connectivity index (χ0v) is 11.5. The van der Waals surface area contributed by atoms with Crippen molar-refractivity contribution < 1.29 is 9.59 Å². The first-order chi connectivity index (χ1) is 10.6. The Balaban J connectivity index is 2.01. The molecule has 0 saturated heterocycles. The monoisotopic (exact) mass is 295 g/mol. The molecule has 22 heavy (non-hydrogen) atoms. The zero-order valence-electron chi connectivity index (χ0n) is 11.5. The van der Waals surface area contributed by atoms with Crippen molar-refractivity contribution in [2.45, 2.75) is 0 Å². The summed E-state index contributed by atoms with van der Waals surface area (Å²) < 4.78 is 0. The molecular formula is C15H13N5O2. The molecule has 6 N–H and O–H groups in total. The lowest BCUT2D eigenvalue weighted by atomic mass is 10.1. The first kappa shape index (κ1) is 13.6. The summed E-state index contributed by atoms with van der Waals surface area (Å²) in [5, 5.41) is 2.73. The smallest absolute Gasteiger partial charge is 0.284 e. The number of para-hydroxylation sites is 3. The summed E-state index contributed by atoms with van der Waals surface area (Å²) in [4.78, 5) is 30.4. The molecule has 3 rings (SSSR count). The number of nitrogens with two attached hydrogens (primary N) is 2. The number of nitrogen functional groups attached to an aromatic ring is 1. The number of fused-ring (bicyclic) bond motifs is 1. The van der Waals surface area contributed by atoms with Gasteiger partial charge >= 0.3 is 0 Å². The number of hydrogen-bond donors (Lipinski definition) is 4. The van der Waals surface area contributed by atoms with Crippen LogP contribution < -0.4 is 16.8 Å². The van der Waals surface area contributed by atoms with Crippen molar-refractivity contribution in [1.82, 2.24) is 9.97 Å². The summed E-state index contributed by atoms with van der Waals surface area (Å²) in [6.07, 6.45) is 0. The number of primary amides is 1. The largest absolute Gasteiger partial charge is 0.397 e. The lowest BCUT2D eigenvalue weighted by Gasteiger charge is -2.08. The molecule has 0 unspecified atom stereocenters. The maximum Gasteiger partial charge on any atom is 0.284 e. The second-order valence-electron chi connectivity index (χ2n) is 4.69. The Bertz CT molecular complexity index is 885. The molecule has 0 saturated carbocycles. The number of anilines is 2. The van der Waals surface area contributed by atoms with Crippen molar-refractivity contribution in [2.75, 3.05) is 11.1 Å². The Morgan fingerprint density at radius 3 is 2.59 bits per heavy atom. The third-order valence-corrected chi connectivity index (χ3v) is 3.21. The van der Waals surface area contributed by atoms with E-state index in [1.165, 1.54) is 0 Å². The Morgan fingerprint density at radius 2 is 1.86 bits per heavy atom. The summed E-state index contributed by atoms with van der Waals surface area (Å²) in [6.45, 7) is 0. The molecule has 0 spiro atoms. The van der Waals surface area contributed by atoms with Gasteiger partial charge in [-0.15, -0.1) is 0 Å². The summed E-state index contributed by atoms with van der Waals surface area (Å²) in [7, 11) is 0. The Hall–Kier alpha value is -3.35. The van der Waals surface area contributed by atoms with Crippen LogP contribution in [-0.2, 0) is 0 Å². The number of carbonyl (C=O) groups excluding carboxylic acids is 2. The van der Waals surface area contributed by atoms with Gasteiger partial charge in [0.2, 0.25) is 0 Å². The number of hydrogen-bond acceptors (Lipinski definition) is 4. The highest BCUT2D eigenvalue weighted by Gasteiger charge is 2.15. The van der Waals surface area contributed by atoms with Crippen LogP contribution in [0, 0.1) is 0 Å². The maximum atomic E-state index is 12.4. The first-order valence-electron chi connectivity index (χ1n) is 6.50. The molecule has 0 bridgehead atoms. The topological polar surface area (TPSA) is 127 Å². The minimum atomic E-state index is -0.685. The van der Waals surface area contributed by atoms with Crippen LogP contribution in [0.25, 0.3) is 11.0 Å². The molecule has 0 radical (unpaired) electrons. The van der Waals surface area contributed by atoms with E-state index in [-0.39, 0.29) is 11.7 Å². The van der Waals surface area contributed by atoms with Crippen LogP contribution in [0.3, 0.4) is 0 Å². The van der Waals surface area contributed by atoms with Gasteiger partial charge in [-0.3, -0.25) is 9.59 Å². The van der Waals surface area contributed by atoms with E-state index in [1.54, 1.807) is 42.5 Å². The van der Waals surface area contributed by atoms with E-state index in [4.69, 9.17) is 11.5 Å². The molecular weight excluding hydrogens is 282 g/mol. The minimum absolute atomic E-state index is 0.00877. The van der Waals surface area contributed by atoms with Crippen molar-refractivity contribution in [2.24, 2.45) is 5.73 Å². The van der Waals surface area contributed by atoms with Gasteiger partial charge in [0.25, 0.3) is 11.8 Å². The van der Waals surface area contributed by atoms with Crippen LogP contribution in [-0.4, -0.2) is 21.8 Å². The van der Waals surface area contributed by atoms with Crippen LogP contribution in [0.15, 0.2) is 42.5 Å². The second kappa shape index (κ2) is 5.21. The van der Waals surface area contributed by atoms with Gasteiger partial charge in [0, 0.05) is 0 Å². The lowest BCUT2D eigenvalue weighted by Crippen LogP contribution is -2.14. The molecule has 0 aliphatic carbocycles. The number of aromatic nitrogens is 2. The van der Waals surface area contributed by atoms with Gasteiger partial charge < -0.3 is 21.8 Å². The van der Waals surface area contributed by atoms with Crippen molar-refractivity contribution in [3.05, 3.63) is 53.9 Å². The fourth-order valence-electron chi connectivity index (χ4n) is 2.14. The number of rotatable bonds is 3. The Kier molecular flexibility index (Phi) is 3.23. The van der Waals surface area contributed by atoms with Gasteiger partial charge in [0.05, 0.1) is 28.0 Å². The van der Waals surface area contributed by atoms with Crippen molar-refractivity contribution in [1.29, 1.82) is 0 Å². The number of aromatic amines is 1. The van der Waals surface area contributed by atoms with Crippen molar-refractivity contribution in [3.8, 4) is 0 Å². The minimum Gasteiger partial charge on any atom is -0.397 e. The average molecular weight is 295 g/mol. The van der Waals surface area contributed by atoms with Crippen LogP contribution in [0.1, 0.15) is 21.0 Å². The molecule has 0 atom stereocenters. The van der Waals surface area contributed by atoms with Crippen molar-refractivity contribution >= 4 is 34.2 Å². The highest BCUT2D eigenvalue weighted by Crippen LogP contribution is 2.21. The van der Waals surface area contributed by atoms with Gasteiger partial charge in [-0.25, -0.2) is 4.98 Å². The second-order valence-corrected chi connectivity index (χ2v) is 4.69. The predicted molar refractivity (Wildman–Crippen MR) is 83.4 cm³/mol. The van der Waals surface area contributed by atoms with E-state index in [1.807, 2.05) is 0 Å². The van der Waals surface area contributed by atoms with Crippen molar-refractivity contribution in [3.63, 3.8) is 0 Å². The Morgan fingerprint density at radius 1 is 1.09 bits per heavy atom. The third-order valence-electron chi connectivity index (χ3n) is 3.21. The molecule has 7 heteroatoms. The van der Waals surface area contributed by atoms with Gasteiger partial charge in [-0.2, -0.15) is 0 Å². The fourth-order valence-corrected chi connectivity index (χ4v) is 2.14. The van der Waals surface area contributed by atoms with Crippen LogP contribution in [0.5, 0.6) is 0 Å². The molecule has 0 aliphatic heterocycles. The number of H-pyrrole nitrogens is 1.